The monoisotopic (exact) mass is 998 g/mol. The lowest BCUT2D eigenvalue weighted by atomic mass is 10.0. The van der Waals surface area contributed by atoms with Crippen LogP contribution in [0.4, 0.5) is 0 Å². The number of phosphoric ester groups is 1. The molecule has 0 aliphatic rings. The lowest BCUT2D eigenvalue weighted by molar-refractivity contribution is -0.161. The summed E-state index contributed by atoms with van der Waals surface area (Å²) in [5, 5.41) is 8.94. The molecule has 0 saturated carbocycles. The van der Waals surface area contributed by atoms with Crippen LogP contribution < -0.4 is 5.73 Å². The van der Waals surface area contributed by atoms with E-state index in [-0.39, 0.29) is 19.4 Å². The number of carboxylic acids is 1. The molecule has 0 aromatic carbocycles. The van der Waals surface area contributed by atoms with Crippen LogP contribution in [0, 0.1) is 0 Å². The third kappa shape index (κ3) is 52.1. The number of ether oxygens (including phenoxy) is 2. The van der Waals surface area contributed by atoms with Crippen molar-refractivity contribution < 1.29 is 47.5 Å². The van der Waals surface area contributed by atoms with Gasteiger partial charge < -0.3 is 25.2 Å². The number of phosphoric acid groups is 1. The highest BCUT2D eigenvalue weighted by Gasteiger charge is 2.28. The van der Waals surface area contributed by atoms with Gasteiger partial charge >= 0.3 is 25.7 Å². The van der Waals surface area contributed by atoms with Crippen molar-refractivity contribution in [3.05, 3.63) is 24.3 Å². The van der Waals surface area contributed by atoms with E-state index in [1.54, 1.807) is 0 Å². The van der Waals surface area contributed by atoms with Crippen LogP contribution in [0.2, 0.25) is 0 Å². The first-order valence-electron chi connectivity index (χ1n) is 28.9. The smallest absolute Gasteiger partial charge is 0.472 e. The average Bonchev–Trinajstić information content (AvgIpc) is 3.33. The van der Waals surface area contributed by atoms with Crippen molar-refractivity contribution in [2.75, 3.05) is 19.8 Å². The minimum absolute atomic E-state index is 0.162. The highest BCUT2D eigenvalue weighted by molar-refractivity contribution is 7.47. The number of rotatable bonds is 55. The van der Waals surface area contributed by atoms with E-state index in [9.17, 15) is 23.8 Å². The largest absolute Gasteiger partial charge is 0.480 e. The van der Waals surface area contributed by atoms with Crippen LogP contribution in [0.15, 0.2) is 24.3 Å². The molecule has 0 rings (SSSR count). The van der Waals surface area contributed by atoms with E-state index >= 15 is 0 Å². The molecular weight excluding hydrogens is 890 g/mol. The Balaban J connectivity index is 4.14. The molecule has 0 aromatic rings. The molecule has 406 valence electrons. The topological polar surface area (TPSA) is 172 Å². The number of aliphatic carboxylic acids is 1. The highest BCUT2D eigenvalue weighted by Crippen LogP contribution is 2.43. The third-order valence-electron chi connectivity index (χ3n) is 13.0. The summed E-state index contributed by atoms with van der Waals surface area (Å²) in [6.45, 7) is 2.86. The van der Waals surface area contributed by atoms with Crippen molar-refractivity contribution in [1.82, 2.24) is 0 Å². The number of hydrogen-bond donors (Lipinski definition) is 3. The van der Waals surface area contributed by atoms with Gasteiger partial charge in [0.25, 0.3) is 0 Å². The van der Waals surface area contributed by atoms with Crippen LogP contribution in [-0.4, -0.2) is 59.9 Å². The maximum Gasteiger partial charge on any atom is 0.472 e. The quantitative estimate of drug-likeness (QED) is 0.0229. The van der Waals surface area contributed by atoms with Gasteiger partial charge in [-0.3, -0.25) is 23.4 Å². The second-order valence-electron chi connectivity index (χ2n) is 19.8. The first kappa shape index (κ1) is 67.0. The third-order valence-corrected chi connectivity index (χ3v) is 13.9. The molecule has 3 atom stereocenters. The van der Waals surface area contributed by atoms with Crippen LogP contribution in [0.5, 0.6) is 0 Å². The maximum absolute atomic E-state index is 12.7. The van der Waals surface area contributed by atoms with Crippen molar-refractivity contribution in [3.63, 3.8) is 0 Å². The zero-order valence-corrected chi connectivity index (χ0v) is 45.6. The first-order chi connectivity index (χ1) is 33.6. The van der Waals surface area contributed by atoms with Crippen molar-refractivity contribution in [2.24, 2.45) is 5.73 Å². The van der Waals surface area contributed by atoms with Crippen molar-refractivity contribution in [3.8, 4) is 0 Å². The van der Waals surface area contributed by atoms with Crippen molar-refractivity contribution >= 4 is 25.7 Å². The Kier molecular flexibility index (Phi) is 50.7. The molecule has 4 N–H and O–H groups in total. The zero-order valence-electron chi connectivity index (χ0n) is 44.7. The highest BCUT2D eigenvalue weighted by atomic mass is 31.2. The number of nitrogens with two attached hydrogens (primary N) is 1. The molecule has 0 saturated heterocycles. The predicted octanol–water partition coefficient (Wildman–Crippen LogP) is 16.9. The van der Waals surface area contributed by atoms with E-state index in [1.165, 1.54) is 205 Å². The van der Waals surface area contributed by atoms with E-state index in [0.29, 0.717) is 12.8 Å². The number of allylic oxidation sites excluding steroid dienone is 4. The Hall–Kier alpha value is -2.04. The minimum Gasteiger partial charge on any atom is -0.480 e. The number of carbonyl (C=O) groups excluding carboxylic acids is 2. The average molecular weight is 998 g/mol. The summed E-state index contributed by atoms with van der Waals surface area (Å²) < 4.78 is 33.0. The molecule has 0 heterocycles. The summed E-state index contributed by atoms with van der Waals surface area (Å²) in [5.74, 6) is -2.36. The molecule has 0 spiro atoms. The van der Waals surface area contributed by atoms with E-state index in [2.05, 4.69) is 38.2 Å². The molecule has 0 amide bonds. The Morgan fingerprint density at radius 1 is 0.449 bits per heavy atom. The maximum atomic E-state index is 12.7. The summed E-state index contributed by atoms with van der Waals surface area (Å²) in [6.07, 6.45) is 59.6. The number of carbonyl (C=O) groups is 3. The molecule has 0 aromatic heterocycles. The molecule has 0 radical (unpaired) electrons. The lowest BCUT2D eigenvalue weighted by Crippen LogP contribution is -2.34. The fourth-order valence-corrected chi connectivity index (χ4v) is 9.23. The van der Waals surface area contributed by atoms with E-state index in [0.717, 1.165) is 44.9 Å². The van der Waals surface area contributed by atoms with Gasteiger partial charge in [-0.05, 0) is 44.9 Å². The Labute approximate surface area is 423 Å². The molecule has 69 heavy (non-hydrogen) atoms. The molecule has 0 bridgehead atoms. The molecule has 3 unspecified atom stereocenters. The fourth-order valence-electron chi connectivity index (χ4n) is 8.45. The zero-order chi connectivity index (χ0) is 50.6. The Morgan fingerprint density at radius 2 is 0.768 bits per heavy atom. The summed E-state index contributed by atoms with van der Waals surface area (Å²) in [4.78, 5) is 46.3. The molecule has 11 nitrogen and oxygen atoms in total. The van der Waals surface area contributed by atoms with Gasteiger partial charge in [-0.2, -0.15) is 0 Å². The van der Waals surface area contributed by atoms with Gasteiger partial charge in [0.15, 0.2) is 6.10 Å². The predicted molar refractivity (Wildman–Crippen MR) is 286 cm³/mol. The van der Waals surface area contributed by atoms with Crippen LogP contribution >= 0.6 is 7.82 Å². The van der Waals surface area contributed by atoms with Crippen molar-refractivity contribution in [2.45, 2.75) is 302 Å². The molecule has 0 aliphatic carbocycles. The van der Waals surface area contributed by atoms with Gasteiger partial charge in [-0.15, -0.1) is 0 Å². The summed E-state index contributed by atoms with van der Waals surface area (Å²) >= 11 is 0. The molecule has 12 heteroatoms. The van der Waals surface area contributed by atoms with E-state index in [4.69, 9.17) is 29.4 Å². The van der Waals surface area contributed by atoms with Gasteiger partial charge in [0, 0.05) is 12.8 Å². The summed E-state index contributed by atoms with van der Waals surface area (Å²) in [6, 6.07) is -1.52. The van der Waals surface area contributed by atoms with Gasteiger partial charge in [0.05, 0.1) is 13.2 Å². The first-order valence-corrected chi connectivity index (χ1v) is 30.4. The van der Waals surface area contributed by atoms with Crippen LogP contribution in [-0.2, 0) is 37.5 Å². The van der Waals surface area contributed by atoms with Crippen LogP contribution in [0.3, 0.4) is 0 Å². The lowest BCUT2D eigenvalue weighted by Gasteiger charge is -2.20. The van der Waals surface area contributed by atoms with E-state index in [1.807, 2.05) is 0 Å². The molecular formula is C57H108NO10P. The summed E-state index contributed by atoms with van der Waals surface area (Å²) in [5.41, 5.74) is 5.37. The number of unbranched alkanes of at least 4 members (excludes halogenated alkanes) is 37. The minimum atomic E-state index is -4.72. The van der Waals surface area contributed by atoms with Crippen LogP contribution in [0.25, 0.3) is 0 Å². The number of carboxylic acid groups (broad SMARTS) is 1. The molecule has 0 fully saturated rings. The number of esters is 2. The summed E-state index contributed by atoms with van der Waals surface area (Å²) in [7, 11) is -4.72. The van der Waals surface area contributed by atoms with Crippen LogP contribution in [0.1, 0.15) is 290 Å². The Morgan fingerprint density at radius 3 is 1.13 bits per heavy atom. The van der Waals surface area contributed by atoms with Gasteiger partial charge in [0.2, 0.25) is 0 Å². The fraction of sp³-hybridized carbons (Fsp3) is 0.877. The second kappa shape index (κ2) is 52.3. The van der Waals surface area contributed by atoms with Gasteiger partial charge in [0.1, 0.15) is 12.6 Å². The van der Waals surface area contributed by atoms with E-state index < -0.39 is 51.1 Å². The SMILES string of the molecule is CCCCCCC/C=C\C/C=C\CCCCCCCCCCCCCC(=O)OC(COC(=O)CCCCCCCCCCCCCCCCCCCCCCCC)COP(=O)(O)OCC(N)C(=O)O. The van der Waals surface area contributed by atoms with Gasteiger partial charge in [-0.25, -0.2) is 4.57 Å². The standard InChI is InChI=1S/C57H108NO10P/c1-3-5-7-9-11-13-15-17-19-21-23-25-27-29-31-33-35-37-39-41-43-45-47-49-56(60)68-53(51-66-69(63,64)67-52-54(58)57(61)62)50-65-55(59)48-46-44-42-40-38-36-34-32-30-28-26-24-22-20-18-16-14-12-10-8-6-4-2/h15,17,21,23,53-54H,3-14,16,18-20,22,24-52,58H2,1-2H3,(H,61,62)(H,63,64)/b17-15-,23-21-. The van der Waals surface area contributed by atoms with Gasteiger partial charge in [-0.1, -0.05) is 256 Å². The normalized spacial score (nSPS) is 13.6. The van der Waals surface area contributed by atoms with Crippen molar-refractivity contribution in [1.29, 1.82) is 0 Å². The Bertz CT molecular complexity index is 1260. The second-order valence-corrected chi connectivity index (χ2v) is 21.2. The molecule has 0 aliphatic heterocycles. The number of hydrogen-bond acceptors (Lipinski definition) is 9.